The Bertz CT molecular complexity index is 727. The molecule has 1 aromatic carbocycles. The predicted octanol–water partition coefficient (Wildman–Crippen LogP) is 4.31. The van der Waals surface area contributed by atoms with E-state index in [1.165, 1.54) is 12.8 Å². The quantitative estimate of drug-likeness (QED) is 0.850. The van der Waals surface area contributed by atoms with Crippen LogP contribution in [0.5, 0.6) is 0 Å². The Hall–Kier alpha value is -1.95. The van der Waals surface area contributed by atoms with Gasteiger partial charge in [0.15, 0.2) is 0 Å². The normalized spacial score (nSPS) is 15.0. The summed E-state index contributed by atoms with van der Waals surface area (Å²) in [7, 11) is 0. The number of hydrogen-bond donors (Lipinski definition) is 1. The minimum atomic E-state index is -0.00524. The molecule has 5 nitrogen and oxygen atoms in total. The molecule has 1 amide bonds. The van der Waals surface area contributed by atoms with E-state index >= 15 is 0 Å². The topological polar surface area (TPSA) is 58.1 Å². The first kappa shape index (κ1) is 16.9. The van der Waals surface area contributed by atoms with E-state index in [4.69, 9.17) is 0 Å². The Kier molecular flexibility index (Phi) is 5.45. The number of nitrogens with one attached hydrogen (secondary N) is 1. The highest BCUT2D eigenvalue weighted by molar-refractivity contribution is 9.10. The van der Waals surface area contributed by atoms with Crippen molar-refractivity contribution in [1.29, 1.82) is 0 Å². The van der Waals surface area contributed by atoms with Crippen molar-refractivity contribution in [1.82, 2.24) is 14.9 Å². The fourth-order valence-corrected chi connectivity index (χ4v) is 3.07. The zero-order chi connectivity index (χ0) is 16.9. The van der Waals surface area contributed by atoms with E-state index in [9.17, 15) is 4.79 Å². The molecule has 0 aliphatic carbocycles. The summed E-state index contributed by atoms with van der Waals surface area (Å²) in [5.74, 6) is 0.437. The molecule has 0 atom stereocenters. The van der Waals surface area contributed by atoms with E-state index in [0.717, 1.165) is 41.7 Å². The van der Waals surface area contributed by atoms with Crippen LogP contribution in [0.25, 0.3) is 0 Å². The van der Waals surface area contributed by atoms with Gasteiger partial charge in [-0.2, -0.15) is 0 Å². The van der Waals surface area contributed by atoms with Gasteiger partial charge in [-0.1, -0.05) is 28.8 Å². The maximum Gasteiger partial charge on any atom is 0.272 e. The lowest BCUT2D eigenvalue weighted by molar-refractivity contribution is 0.0755. The minimum absolute atomic E-state index is 0.00524. The van der Waals surface area contributed by atoms with Gasteiger partial charge in [0.2, 0.25) is 5.95 Å². The van der Waals surface area contributed by atoms with Crippen molar-refractivity contribution in [3.05, 3.63) is 46.2 Å². The first-order valence-corrected chi connectivity index (χ1v) is 9.08. The van der Waals surface area contributed by atoms with Gasteiger partial charge in [-0.25, -0.2) is 9.97 Å². The molecule has 0 spiro atoms. The number of benzene rings is 1. The summed E-state index contributed by atoms with van der Waals surface area (Å²) in [6.07, 6.45) is 6.17. The molecular weight excluding hydrogens is 368 g/mol. The number of aromatic nitrogens is 2. The van der Waals surface area contributed by atoms with Crippen molar-refractivity contribution < 1.29 is 4.79 Å². The molecule has 3 rings (SSSR count). The van der Waals surface area contributed by atoms with Crippen molar-refractivity contribution in [3.8, 4) is 0 Å². The second kappa shape index (κ2) is 7.75. The van der Waals surface area contributed by atoms with Crippen LogP contribution in [0.3, 0.4) is 0 Å². The minimum Gasteiger partial charge on any atom is -0.337 e. The largest absolute Gasteiger partial charge is 0.337 e. The Morgan fingerprint density at radius 1 is 1.17 bits per heavy atom. The van der Waals surface area contributed by atoms with Crippen molar-refractivity contribution in [2.45, 2.75) is 32.6 Å². The SMILES string of the molecule is Cc1cc(Nc2nccc(C(=O)N3CCCCCC3)n2)ccc1Br. The maximum atomic E-state index is 12.7. The number of aryl methyl sites for hydroxylation is 1. The van der Waals surface area contributed by atoms with E-state index in [1.807, 2.05) is 30.0 Å². The van der Waals surface area contributed by atoms with E-state index in [0.29, 0.717) is 11.6 Å². The molecule has 2 aromatic rings. The van der Waals surface area contributed by atoms with Crippen LogP contribution in [0.4, 0.5) is 11.6 Å². The number of carbonyl (C=O) groups excluding carboxylic acids is 1. The molecule has 1 N–H and O–H groups in total. The molecule has 0 bridgehead atoms. The fraction of sp³-hybridized carbons (Fsp3) is 0.389. The first-order valence-electron chi connectivity index (χ1n) is 8.29. The van der Waals surface area contributed by atoms with Crippen LogP contribution in [0, 0.1) is 6.92 Å². The second-order valence-electron chi connectivity index (χ2n) is 6.06. The van der Waals surface area contributed by atoms with Crippen LogP contribution in [0.1, 0.15) is 41.7 Å². The zero-order valence-electron chi connectivity index (χ0n) is 13.8. The van der Waals surface area contributed by atoms with Crippen molar-refractivity contribution >= 4 is 33.5 Å². The van der Waals surface area contributed by atoms with E-state index < -0.39 is 0 Å². The van der Waals surface area contributed by atoms with Gasteiger partial charge in [-0.15, -0.1) is 0 Å². The van der Waals surface area contributed by atoms with Crippen molar-refractivity contribution in [3.63, 3.8) is 0 Å². The molecule has 1 aromatic heterocycles. The molecule has 6 heteroatoms. The highest BCUT2D eigenvalue weighted by Crippen LogP contribution is 2.22. The molecule has 0 radical (unpaired) electrons. The summed E-state index contributed by atoms with van der Waals surface area (Å²) in [6, 6.07) is 7.62. The molecule has 24 heavy (non-hydrogen) atoms. The van der Waals surface area contributed by atoms with Gasteiger partial charge in [-0.05, 0) is 49.6 Å². The lowest BCUT2D eigenvalue weighted by atomic mass is 10.2. The highest BCUT2D eigenvalue weighted by atomic mass is 79.9. The summed E-state index contributed by atoms with van der Waals surface area (Å²) in [6.45, 7) is 3.66. The van der Waals surface area contributed by atoms with Crippen LogP contribution < -0.4 is 5.32 Å². The van der Waals surface area contributed by atoms with Crippen LogP contribution in [-0.4, -0.2) is 33.9 Å². The highest BCUT2D eigenvalue weighted by Gasteiger charge is 2.19. The van der Waals surface area contributed by atoms with Crippen LogP contribution in [0.15, 0.2) is 34.9 Å². The molecule has 126 valence electrons. The Morgan fingerprint density at radius 3 is 2.62 bits per heavy atom. The maximum absolute atomic E-state index is 12.7. The lowest BCUT2D eigenvalue weighted by Crippen LogP contribution is -2.32. The standard InChI is InChI=1S/C18H21BrN4O/c1-13-12-14(6-7-15(13)19)21-18-20-9-8-16(22-18)17(24)23-10-4-2-3-5-11-23/h6-9,12H,2-5,10-11H2,1H3,(H,20,21,22). The van der Waals surface area contributed by atoms with Gasteiger partial charge in [-0.3, -0.25) is 4.79 Å². The number of hydrogen-bond acceptors (Lipinski definition) is 4. The average Bonchev–Trinajstić information content (AvgIpc) is 2.87. The molecule has 1 fully saturated rings. The Balaban J connectivity index is 1.75. The third kappa shape index (κ3) is 4.12. The molecule has 1 aliphatic rings. The molecule has 2 heterocycles. The predicted molar refractivity (Wildman–Crippen MR) is 98.6 cm³/mol. The number of amides is 1. The average molecular weight is 389 g/mol. The summed E-state index contributed by atoms with van der Waals surface area (Å²) in [5, 5.41) is 3.17. The summed E-state index contributed by atoms with van der Waals surface area (Å²) in [4.78, 5) is 23.2. The van der Waals surface area contributed by atoms with E-state index in [1.54, 1.807) is 12.3 Å². The summed E-state index contributed by atoms with van der Waals surface area (Å²) in [5.41, 5.74) is 2.47. The van der Waals surface area contributed by atoms with Gasteiger partial charge < -0.3 is 10.2 Å². The number of anilines is 2. The molecule has 0 saturated carbocycles. The van der Waals surface area contributed by atoms with Gasteiger partial charge in [0.25, 0.3) is 5.91 Å². The van der Waals surface area contributed by atoms with Crippen molar-refractivity contribution in [2.24, 2.45) is 0 Å². The van der Waals surface area contributed by atoms with E-state index in [-0.39, 0.29) is 5.91 Å². The third-order valence-corrected chi connectivity index (χ3v) is 5.07. The van der Waals surface area contributed by atoms with Gasteiger partial charge in [0.1, 0.15) is 5.69 Å². The van der Waals surface area contributed by atoms with Crippen LogP contribution in [0.2, 0.25) is 0 Å². The van der Waals surface area contributed by atoms with Gasteiger partial charge in [0, 0.05) is 29.4 Å². The Labute approximate surface area is 150 Å². The third-order valence-electron chi connectivity index (χ3n) is 4.18. The smallest absolute Gasteiger partial charge is 0.272 e. The number of carbonyl (C=O) groups is 1. The molecular formula is C18H21BrN4O. The van der Waals surface area contributed by atoms with Gasteiger partial charge in [0.05, 0.1) is 0 Å². The van der Waals surface area contributed by atoms with Crippen LogP contribution >= 0.6 is 15.9 Å². The van der Waals surface area contributed by atoms with Crippen LogP contribution in [-0.2, 0) is 0 Å². The number of nitrogens with zero attached hydrogens (tertiary/aromatic N) is 3. The van der Waals surface area contributed by atoms with Crippen molar-refractivity contribution in [2.75, 3.05) is 18.4 Å². The zero-order valence-corrected chi connectivity index (χ0v) is 15.3. The second-order valence-corrected chi connectivity index (χ2v) is 6.92. The van der Waals surface area contributed by atoms with Gasteiger partial charge >= 0.3 is 0 Å². The summed E-state index contributed by atoms with van der Waals surface area (Å²) < 4.78 is 1.05. The number of halogens is 1. The molecule has 1 saturated heterocycles. The number of rotatable bonds is 3. The first-order chi connectivity index (χ1) is 11.6. The molecule has 1 aliphatic heterocycles. The molecule has 0 unspecified atom stereocenters. The summed E-state index contributed by atoms with van der Waals surface area (Å²) >= 11 is 3.49. The fourth-order valence-electron chi connectivity index (χ4n) is 2.83. The lowest BCUT2D eigenvalue weighted by Gasteiger charge is -2.19. The number of likely N-dealkylation sites (tertiary alicyclic amines) is 1. The Morgan fingerprint density at radius 2 is 1.92 bits per heavy atom. The monoisotopic (exact) mass is 388 g/mol. The van der Waals surface area contributed by atoms with E-state index in [2.05, 4.69) is 31.2 Å².